The number of nitrogens with zero attached hydrogens (tertiary/aromatic N) is 1. The predicted octanol–water partition coefficient (Wildman–Crippen LogP) is 2.91. The molecule has 0 saturated carbocycles. The molecule has 98 valence electrons. The molecular weight excluding hydrogens is 279 g/mol. The molecule has 0 heterocycles. The van der Waals surface area contributed by atoms with Crippen molar-refractivity contribution in [3.63, 3.8) is 0 Å². The zero-order chi connectivity index (χ0) is 13.9. The molecular formula is C9H5ClF3NO4. The second-order valence-electron chi connectivity index (χ2n) is 3.01. The fourth-order valence-electron chi connectivity index (χ4n) is 1.21. The molecule has 0 N–H and O–H groups in total. The molecule has 0 unspecified atom stereocenters. The van der Waals surface area contributed by atoms with Gasteiger partial charge >= 0.3 is 12.0 Å². The number of ether oxygens (including phenoxy) is 1. The first-order chi connectivity index (χ1) is 8.26. The minimum atomic E-state index is -5.09. The summed E-state index contributed by atoms with van der Waals surface area (Å²) in [4.78, 5) is 20.9. The van der Waals surface area contributed by atoms with Crippen LogP contribution in [0.5, 0.6) is 5.75 Å². The molecule has 0 bridgehead atoms. The number of nitro groups is 1. The van der Waals surface area contributed by atoms with Crippen molar-refractivity contribution in [1.29, 1.82) is 0 Å². The Kier molecular flexibility index (Phi) is 4.12. The van der Waals surface area contributed by atoms with Crippen LogP contribution in [0.3, 0.4) is 0 Å². The second-order valence-corrected chi connectivity index (χ2v) is 3.28. The van der Waals surface area contributed by atoms with Crippen molar-refractivity contribution in [1.82, 2.24) is 0 Å². The Morgan fingerprint density at radius 3 is 2.50 bits per heavy atom. The summed E-state index contributed by atoms with van der Waals surface area (Å²) in [6, 6.07) is 2.79. The summed E-state index contributed by atoms with van der Waals surface area (Å²) in [5, 5.41) is 10.7. The van der Waals surface area contributed by atoms with Gasteiger partial charge in [0.05, 0.1) is 10.8 Å². The van der Waals surface area contributed by atoms with Crippen molar-refractivity contribution in [3.8, 4) is 5.75 Å². The van der Waals surface area contributed by atoms with E-state index in [1.165, 1.54) is 0 Å². The van der Waals surface area contributed by atoms with Gasteiger partial charge in [0.25, 0.3) is 0 Å². The van der Waals surface area contributed by atoms with Crippen LogP contribution < -0.4 is 4.74 Å². The van der Waals surface area contributed by atoms with Crippen LogP contribution in [0.15, 0.2) is 18.2 Å². The minimum absolute atomic E-state index is 0.531. The van der Waals surface area contributed by atoms with E-state index in [9.17, 15) is 28.1 Å². The SMILES string of the molecule is O=C(CCl)c1cccc(OC(F)(F)F)c1[N+](=O)[O-]. The third-order valence-electron chi connectivity index (χ3n) is 1.83. The lowest BCUT2D eigenvalue weighted by atomic mass is 10.1. The summed E-state index contributed by atoms with van der Waals surface area (Å²) in [6.07, 6.45) is -5.09. The Morgan fingerprint density at radius 1 is 1.44 bits per heavy atom. The maximum atomic E-state index is 12.0. The van der Waals surface area contributed by atoms with Crippen LogP contribution in [0.2, 0.25) is 0 Å². The van der Waals surface area contributed by atoms with Crippen molar-refractivity contribution in [2.75, 3.05) is 5.88 Å². The fraction of sp³-hybridized carbons (Fsp3) is 0.222. The number of hydrogen-bond donors (Lipinski definition) is 0. The average Bonchev–Trinajstić information content (AvgIpc) is 2.25. The number of hydrogen-bond acceptors (Lipinski definition) is 4. The molecule has 0 atom stereocenters. The molecule has 0 saturated heterocycles. The van der Waals surface area contributed by atoms with E-state index in [0.717, 1.165) is 18.2 Å². The molecule has 1 aromatic carbocycles. The van der Waals surface area contributed by atoms with Crippen molar-refractivity contribution in [2.45, 2.75) is 6.36 Å². The Balaban J connectivity index is 3.35. The van der Waals surface area contributed by atoms with Gasteiger partial charge in [-0.2, -0.15) is 0 Å². The highest BCUT2D eigenvalue weighted by atomic mass is 35.5. The Hall–Kier alpha value is -1.83. The molecule has 0 aliphatic rings. The van der Waals surface area contributed by atoms with E-state index >= 15 is 0 Å². The van der Waals surface area contributed by atoms with Crippen LogP contribution in [-0.2, 0) is 0 Å². The van der Waals surface area contributed by atoms with Gasteiger partial charge < -0.3 is 4.74 Å². The molecule has 0 aliphatic carbocycles. The molecule has 0 amide bonds. The third kappa shape index (κ3) is 3.33. The molecule has 1 rings (SSSR count). The van der Waals surface area contributed by atoms with Crippen LogP contribution >= 0.6 is 11.6 Å². The molecule has 18 heavy (non-hydrogen) atoms. The van der Waals surface area contributed by atoms with Crippen LogP contribution in [0, 0.1) is 10.1 Å². The van der Waals surface area contributed by atoms with E-state index in [1.807, 2.05) is 0 Å². The van der Waals surface area contributed by atoms with Crippen LogP contribution in [0.4, 0.5) is 18.9 Å². The number of benzene rings is 1. The van der Waals surface area contributed by atoms with E-state index in [2.05, 4.69) is 4.74 Å². The van der Waals surface area contributed by atoms with Crippen molar-refractivity contribution < 1.29 is 27.6 Å². The van der Waals surface area contributed by atoms with Gasteiger partial charge in [-0.25, -0.2) is 0 Å². The van der Waals surface area contributed by atoms with Gasteiger partial charge in [0.1, 0.15) is 5.56 Å². The molecule has 1 aromatic rings. The molecule has 0 fully saturated rings. The number of alkyl halides is 4. The van der Waals surface area contributed by atoms with Gasteiger partial charge in [-0.15, -0.1) is 24.8 Å². The van der Waals surface area contributed by atoms with E-state index in [0.29, 0.717) is 0 Å². The molecule has 0 aromatic heterocycles. The lowest BCUT2D eigenvalue weighted by molar-refractivity contribution is -0.388. The number of nitro benzene ring substituents is 1. The van der Waals surface area contributed by atoms with Gasteiger partial charge in [-0.05, 0) is 12.1 Å². The fourth-order valence-corrected chi connectivity index (χ4v) is 1.36. The van der Waals surface area contributed by atoms with Crippen molar-refractivity contribution >= 4 is 23.1 Å². The summed E-state index contributed by atoms with van der Waals surface area (Å²) in [7, 11) is 0. The highest BCUT2D eigenvalue weighted by Gasteiger charge is 2.36. The van der Waals surface area contributed by atoms with Gasteiger partial charge in [0, 0.05) is 0 Å². The zero-order valence-electron chi connectivity index (χ0n) is 8.53. The number of carbonyl (C=O) groups excluding carboxylic acids is 1. The van der Waals surface area contributed by atoms with E-state index in [1.54, 1.807) is 0 Å². The van der Waals surface area contributed by atoms with Gasteiger partial charge in [0.2, 0.25) is 5.75 Å². The summed E-state index contributed by atoms with van der Waals surface area (Å²) in [5.74, 6) is -2.50. The Labute approximate surface area is 103 Å². The third-order valence-corrected chi connectivity index (χ3v) is 2.07. The standard InChI is InChI=1S/C9H5ClF3NO4/c10-4-6(15)5-2-1-3-7(8(5)14(16)17)18-9(11,12)13/h1-3H,4H2. The highest BCUT2D eigenvalue weighted by Crippen LogP contribution is 2.34. The summed E-state index contributed by atoms with van der Waals surface area (Å²) in [5.41, 5.74) is -1.59. The molecule has 0 aliphatic heterocycles. The van der Waals surface area contributed by atoms with Gasteiger partial charge in [-0.3, -0.25) is 14.9 Å². The quantitative estimate of drug-likeness (QED) is 0.369. The Morgan fingerprint density at radius 2 is 2.06 bits per heavy atom. The maximum absolute atomic E-state index is 12.0. The summed E-state index contributed by atoms with van der Waals surface area (Å²) in [6.45, 7) is 0. The second kappa shape index (κ2) is 5.21. The van der Waals surface area contributed by atoms with E-state index in [4.69, 9.17) is 11.6 Å². The van der Waals surface area contributed by atoms with Crippen LogP contribution in [0.25, 0.3) is 0 Å². The smallest absolute Gasteiger partial charge is 0.398 e. The topological polar surface area (TPSA) is 69.4 Å². The lowest BCUT2D eigenvalue weighted by Gasteiger charge is -2.10. The van der Waals surface area contributed by atoms with Crippen molar-refractivity contribution in [2.24, 2.45) is 0 Å². The number of carbonyl (C=O) groups is 1. The van der Waals surface area contributed by atoms with Crippen LogP contribution in [-0.4, -0.2) is 22.9 Å². The highest BCUT2D eigenvalue weighted by molar-refractivity contribution is 6.31. The number of Topliss-reactive ketones (excluding diaryl/α,β-unsaturated/α-hetero) is 1. The maximum Gasteiger partial charge on any atom is 0.573 e. The number of para-hydroxylation sites is 1. The number of halogens is 4. The molecule has 0 radical (unpaired) electrons. The van der Waals surface area contributed by atoms with E-state index < -0.39 is 39.9 Å². The minimum Gasteiger partial charge on any atom is -0.398 e. The molecule has 5 nitrogen and oxygen atoms in total. The van der Waals surface area contributed by atoms with Crippen LogP contribution in [0.1, 0.15) is 10.4 Å². The monoisotopic (exact) mass is 283 g/mol. The summed E-state index contributed by atoms with van der Waals surface area (Å²) < 4.78 is 39.6. The molecule has 0 spiro atoms. The Bertz CT molecular complexity index is 489. The first kappa shape index (κ1) is 14.2. The number of ketones is 1. The summed E-state index contributed by atoms with van der Waals surface area (Å²) >= 11 is 5.21. The largest absolute Gasteiger partial charge is 0.573 e. The molecule has 9 heteroatoms. The first-order valence-electron chi connectivity index (χ1n) is 4.38. The van der Waals surface area contributed by atoms with Gasteiger partial charge in [0.15, 0.2) is 5.78 Å². The van der Waals surface area contributed by atoms with Crippen molar-refractivity contribution in [3.05, 3.63) is 33.9 Å². The first-order valence-corrected chi connectivity index (χ1v) is 4.92. The number of rotatable bonds is 4. The van der Waals surface area contributed by atoms with Gasteiger partial charge in [-0.1, -0.05) is 6.07 Å². The van der Waals surface area contributed by atoms with E-state index in [-0.39, 0.29) is 0 Å². The predicted molar refractivity (Wildman–Crippen MR) is 54.8 cm³/mol. The lowest BCUT2D eigenvalue weighted by Crippen LogP contribution is -2.18. The zero-order valence-corrected chi connectivity index (χ0v) is 9.29. The normalized spacial score (nSPS) is 11.1. The average molecular weight is 284 g/mol.